The van der Waals surface area contributed by atoms with Crippen molar-refractivity contribution in [3.05, 3.63) is 51.7 Å². The van der Waals surface area contributed by atoms with Gasteiger partial charge >= 0.3 is 5.97 Å². The Morgan fingerprint density at radius 3 is 2.38 bits per heavy atom. The molecular formula is C21H26ClN3O3S. The lowest BCUT2D eigenvalue weighted by Crippen LogP contribution is -2.50. The van der Waals surface area contributed by atoms with Gasteiger partial charge in [0.05, 0.1) is 17.5 Å². The molecule has 1 fully saturated rings. The van der Waals surface area contributed by atoms with Gasteiger partial charge in [0.25, 0.3) is 0 Å². The van der Waals surface area contributed by atoms with Crippen LogP contribution in [0.2, 0.25) is 4.34 Å². The number of hydrogen-bond donors (Lipinski definition) is 0. The first-order valence-electron chi connectivity index (χ1n) is 9.75. The molecule has 1 aromatic carbocycles. The summed E-state index contributed by atoms with van der Waals surface area (Å²) in [7, 11) is 0. The Morgan fingerprint density at radius 1 is 1.07 bits per heavy atom. The number of esters is 1. The maximum atomic E-state index is 13.0. The molecule has 2 aromatic rings. The van der Waals surface area contributed by atoms with Crippen LogP contribution in [0.5, 0.6) is 0 Å². The van der Waals surface area contributed by atoms with Crippen molar-refractivity contribution in [2.24, 2.45) is 0 Å². The minimum atomic E-state index is -0.399. The van der Waals surface area contributed by atoms with Gasteiger partial charge in [0.1, 0.15) is 6.54 Å². The molecule has 3 rings (SSSR count). The van der Waals surface area contributed by atoms with Crippen LogP contribution in [-0.4, -0.2) is 67.6 Å². The maximum Gasteiger partial charge on any atom is 0.326 e. The molecule has 0 atom stereocenters. The number of halogens is 1. The quantitative estimate of drug-likeness (QED) is 0.596. The third kappa shape index (κ3) is 6.54. The smallest absolute Gasteiger partial charge is 0.326 e. The summed E-state index contributed by atoms with van der Waals surface area (Å²) in [5.41, 5.74) is 0.707. The van der Waals surface area contributed by atoms with Crippen LogP contribution in [0.4, 0.5) is 5.69 Å². The predicted octanol–water partition coefficient (Wildman–Crippen LogP) is 3.12. The van der Waals surface area contributed by atoms with Crippen LogP contribution in [0.3, 0.4) is 0 Å². The van der Waals surface area contributed by atoms with Gasteiger partial charge in [-0.3, -0.25) is 19.4 Å². The van der Waals surface area contributed by atoms with Crippen molar-refractivity contribution in [2.45, 2.75) is 13.5 Å². The topological polar surface area (TPSA) is 53.1 Å². The molecule has 0 aliphatic carbocycles. The van der Waals surface area contributed by atoms with Crippen molar-refractivity contribution >= 4 is 40.5 Å². The third-order valence-electron chi connectivity index (χ3n) is 4.79. The highest BCUT2D eigenvalue weighted by molar-refractivity contribution is 7.16. The van der Waals surface area contributed by atoms with Gasteiger partial charge in [-0.25, -0.2) is 0 Å². The van der Waals surface area contributed by atoms with Gasteiger partial charge in [0.2, 0.25) is 5.91 Å². The molecule has 0 radical (unpaired) electrons. The number of nitrogens with zero attached hydrogens (tertiary/aromatic N) is 3. The van der Waals surface area contributed by atoms with Gasteiger partial charge in [-0.05, 0) is 31.2 Å². The second kappa shape index (κ2) is 10.7. The summed E-state index contributed by atoms with van der Waals surface area (Å²) in [5.74, 6) is -0.494. The van der Waals surface area contributed by atoms with Crippen LogP contribution in [0, 0.1) is 0 Å². The van der Waals surface area contributed by atoms with Crippen LogP contribution in [-0.2, 0) is 20.9 Å². The summed E-state index contributed by atoms with van der Waals surface area (Å²) in [4.78, 5) is 32.3. The molecule has 0 unspecified atom stereocenters. The van der Waals surface area contributed by atoms with Crippen molar-refractivity contribution in [1.82, 2.24) is 9.80 Å². The SMILES string of the molecule is CCOC(=O)CN(C(=O)CN1CCN(Cc2ccc(Cl)s2)CC1)c1ccccc1. The summed E-state index contributed by atoms with van der Waals surface area (Å²) >= 11 is 7.62. The molecule has 1 aromatic heterocycles. The standard InChI is InChI=1S/C21H26ClN3O3S/c1-2-28-21(27)16-25(17-6-4-3-5-7-17)20(26)15-24-12-10-23(11-13-24)14-18-8-9-19(22)29-18/h3-9H,2,10-16H2,1H3. The highest BCUT2D eigenvalue weighted by Crippen LogP contribution is 2.23. The summed E-state index contributed by atoms with van der Waals surface area (Å²) in [6, 6.07) is 13.3. The molecule has 0 N–H and O–H groups in total. The lowest BCUT2D eigenvalue weighted by molar-refractivity contribution is -0.142. The molecule has 0 saturated carbocycles. The summed E-state index contributed by atoms with van der Waals surface area (Å²) in [6.45, 7) is 6.57. The van der Waals surface area contributed by atoms with Gasteiger partial charge in [-0.1, -0.05) is 29.8 Å². The number of benzene rings is 1. The largest absolute Gasteiger partial charge is 0.465 e. The predicted molar refractivity (Wildman–Crippen MR) is 116 cm³/mol. The molecule has 1 amide bonds. The van der Waals surface area contributed by atoms with Gasteiger partial charge in [-0.15, -0.1) is 11.3 Å². The molecule has 29 heavy (non-hydrogen) atoms. The molecule has 156 valence electrons. The van der Waals surface area contributed by atoms with E-state index in [4.69, 9.17) is 16.3 Å². The summed E-state index contributed by atoms with van der Waals surface area (Å²) in [5, 5.41) is 0. The lowest BCUT2D eigenvalue weighted by Gasteiger charge is -2.35. The van der Waals surface area contributed by atoms with Crippen molar-refractivity contribution < 1.29 is 14.3 Å². The number of amides is 1. The van der Waals surface area contributed by atoms with E-state index in [1.54, 1.807) is 18.3 Å². The fourth-order valence-corrected chi connectivity index (χ4v) is 4.44. The number of piperazine rings is 1. The third-order valence-corrected chi connectivity index (χ3v) is 6.01. The molecule has 2 heterocycles. The Hall–Kier alpha value is -1.93. The number of rotatable bonds is 8. The average molecular weight is 436 g/mol. The van der Waals surface area contributed by atoms with E-state index >= 15 is 0 Å². The van der Waals surface area contributed by atoms with Crippen molar-refractivity contribution in [3.8, 4) is 0 Å². The van der Waals surface area contributed by atoms with Crippen LogP contribution in [0.1, 0.15) is 11.8 Å². The van der Waals surface area contributed by atoms with Gasteiger partial charge in [-0.2, -0.15) is 0 Å². The first kappa shape index (κ1) is 21.8. The molecule has 1 saturated heterocycles. The molecule has 6 nitrogen and oxygen atoms in total. The van der Waals surface area contributed by atoms with E-state index in [0.29, 0.717) is 12.3 Å². The fourth-order valence-electron chi connectivity index (χ4n) is 3.31. The highest BCUT2D eigenvalue weighted by Gasteiger charge is 2.24. The Morgan fingerprint density at radius 2 is 1.76 bits per heavy atom. The van der Waals surface area contributed by atoms with E-state index in [1.165, 1.54) is 9.78 Å². The second-order valence-electron chi connectivity index (χ2n) is 6.88. The highest BCUT2D eigenvalue weighted by atomic mass is 35.5. The number of ether oxygens (including phenoxy) is 1. The van der Waals surface area contributed by atoms with Crippen molar-refractivity contribution in [1.29, 1.82) is 0 Å². The number of carbonyl (C=O) groups is 2. The van der Waals surface area contributed by atoms with Crippen LogP contribution >= 0.6 is 22.9 Å². The normalized spacial score (nSPS) is 15.2. The number of thiophene rings is 1. The molecule has 0 spiro atoms. The van der Waals surface area contributed by atoms with E-state index in [0.717, 1.165) is 37.1 Å². The lowest BCUT2D eigenvalue weighted by atomic mass is 10.2. The van der Waals surface area contributed by atoms with Crippen molar-refractivity contribution in [2.75, 3.05) is 50.8 Å². The average Bonchev–Trinajstić information content (AvgIpc) is 3.13. The Bertz CT molecular complexity index is 807. The molecule has 1 aliphatic rings. The number of hydrogen-bond acceptors (Lipinski definition) is 6. The first-order valence-corrected chi connectivity index (χ1v) is 10.9. The zero-order chi connectivity index (χ0) is 20.6. The summed E-state index contributed by atoms with van der Waals surface area (Å²) in [6.07, 6.45) is 0. The van der Waals surface area contributed by atoms with E-state index in [2.05, 4.69) is 15.9 Å². The van der Waals surface area contributed by atoms with Crippen LogP contribution in [0.25, 0.3) is 0 Å². The monoisotopic (exact) mass is 435 g/mol. The van der Waals surface area contributed by atoms with Gasteiger partial charge in [0, 0.05) is 43.3 Å². The zero-order valence-electron chi connectivity index (χ0n) is 16.6. The Kier molecular flexibility index (Phi) is 8.06. The van der Waals surface area contributed by atoms with E-state index < -0.39 is 5.97 Å². The minimum absolute atomic E-state index is 0.0736. The summed E-state index contributed by atoms with van der Waals surface area (Å²) < 4.78 is 5.86. The second-order valence-corrected chi connectivity index (χ2v) is 8.68. The molecular weight excluding hydrogens is 410 g/mol. The van der Waals surface area contributed by atoms with E-state index in [9.17, 15) is 9.59 Å². The van der Waals surface area contributed by atoms with Crippen molar-refractivity contribution in [3.63, 3.8) is 0 Å². The number of carbonyl (C=O) groups excluding carboxylic acids is 2. The Balaban J connectivity index is 1.54. The molecule has 1 aliphatic heterocycles. The molecule has 0 bridgehead atoms. The van der Waals surface area contributed by atoms with Crippen LogP contribution < -0.4 is 4.90 Å². The van der Waals surface area contributed by atoms with Crippen LogP contribution in [0.15, 0.2) is 42.5 Å². The number of anilines is 1. The zero-order valence-corrected chi connectivity index (χ0v) is 18.1. The Labute approximate surface area is 180 Å². The molecule has 8 heteroatoms. The fraction of sp³-hybridized carbons (Fsp3) is 0.429. The van der Waals surface area contributed by atoms with E-state index in [1.807, 2.05) is 36.4 Å². The van der Waals surface area contributed by atoms with Gasteiger partial charge in [0.15, 0.2) is 0 Å². The minimum Gasteiger partial charge on any atom is -0.465 e. The maximum absolute atomic E-state index is 13.0. The number of para-hydroxylation sites is 1. The van der Waals surface area contributed by atoms with Gasteiger partial charge < -0.3 is 9.64 Å². The van der Waals surface area contributed by atoms with E-state index in [-0.39, 0.29) is 19.0 Å². The first-order chi connectivity index (χ1) is 14.0.